The van der Waals surface area contributed by atoms with Crippen molar-refractivity contribution >= 4 is 17.5 Å². The summed E-state index contributed by atoms with van der Waals surface area (Å²) >= 11 is 6.00. The molecule has 1 amide bonds. The molecule has 0 fully saturated rings. The predicted octanol–water partition coefficient (Wildman–Crippen LogP) is 4.86. The van der Waals surface area contributed by atoms with E-state index in [4.69, 9.17) is 16.3 Å². The Balaban J connectivity index is 1.95. The molecule has 0 aliphatic heterocycles. The highest BCUT2D eigenvalue weighted by Gasteiger charge is 2.18. The highest BCUT2D eigenvalue weighted by Crippen LogP contribution is 2.22. The summed E-state index contributed by atoms with van der Waals surface area (Å²) < 4.78 is 5.71. The third kappa shape index (κ3) is 4.75. The van der Waals surface area contributed by atoms with E-state index in [-0.39, 0.29) is 11.9 Å². The van der Waals surface area contributed by atoms with Gasteiger partial charge in [-0.3, -0.25) is 4.79 Å². The number of hydrogen-bond acceptors (Lipinski definition) is 2. The Bertz CT molecular complexity index is 697. The van der Waals surface area contributed by atoms with Gasteiger partial charge in [0.1, 0.15) is 5.75 Å². The van der Waals surface area contributed by atoms with Gasteiger partial charge in [-0.05, 0) is 62.1 Å². The first-order valence-corrected chi connectivity index (χ1v) is 8.60. The van der Waals surface area contributed by atoms with Crippen molar-refractivity contribution in [2.24, 2.45) is 0 Å². The van der Waals surface area contributed by atoms with Crippen molar-refractivity contribution in [1.29, 1.82) is 0 Å². The van der Waals surface area contributed by atoms with Crippen molar-refractivity contribution in [1.82, 2.24) is 5.32 Å². The predicted molar refractivity (Wildman–Crippen MR) is 98.7 cm³/mol. The third-order valence-electron chi connectivity index (χ3n) is 4.06. The maximum absolute atomic E-state index is 12.3. The van der Waals surface area contributed by atoms with Crippen molar-refractivity contribution in [3.05, 3.63) is 64.2 Å². The summed E-state index contributed by atoms with van der Waals surface area (Å²) in [5.41, 5.74) is 3.29. The lowest BCUT2D eigenvalue weighted by Gasteiger charge is -2.19. The summed E-state index contributed by atoms with van der Waals surface area (Å²) in [6.07, 6.45) is 0.426. The van der Waals surface area contributed by atoms with Gasteiger partial charge in [0.25, 0.3) is 5.91 Å². The van der Waals surface area contributed by atoms with E-state index in [1.807, 2.05) is 19.9 Å². The molecule has 0 aromatic heterocycles. The number of halogens is 1. The molecule has 0 aliphatic carbocycles. The van der Waals surface area contributed by atoms with Crippen LogP contribution in [0.15, 0.2) is 42.5 Å². The second kappa shape index (κ2) is 8.20. The van der Waals surface area contributed by atoms with E-state index in [0.29, 0.717) is 10.8 Å². The van der Waals surface area contributed by atoms with Crippen LogP contribution in [-0.2, 0) is 11.2 Å². The molecule has 0 radical (unpaired) electrons. The highest BCUT2D eigenvalue weighted by atomic mass is 35.5. The number of hydrogen-bond donors (Lipinski definition) is 1. The number of carbonyl (C=O) groups is 1. The SMILES string of the molecule is CCc1ccc([C@H](C)NC(=O)[C@H](C)Oc2ccc(Cl)c(C)c2)cc1. The van der Waals surface area contributed by atoms with Crippen molar-refractivity contribution in [2.75, 3.05) is 0 Å². The molecule has 0 unspecified atom stereocenters. The van der Waals surface area contributed by atoms with Crippen LogP contribution in [0.25, 0.3) is 0 Å². The van der Waals surface area contributed by atoms with Gasteiger partial charge < -0.3 is 10.1 Å². The summed E-state index contributed by atoms with van der Waals surface area (Å²) in [7, 11) is 0. The lowest BCUT2D eigenvalue weighted by atomic mass is 10.0. The average Bonchev–Trinajstić information content (AvgIpc) is 2.58. The molecule has 24 heavy (non-hydrogen) atoms. The Labute approximate surface area is 149 Å². The lowest BCUT2D eigenvalue weighted by Crippen LogP contribution is -2.37. The van der Waals surface area contributed by atoms with Crippen LogP contribution in [-0.4, -0.2) is 12.0 Å². The van der Waals surface area contributed by atoms with Crippen LogP contribution in [0.3, 0.4) is 0 Å². The van der Waals surface area contributed by atoms with Gasteiger partial charge in [-0.1, -0.05) is 42.8 Å². The first kappa shape index (κ1) is 18.3. The normalized spacial score (nSPS) is 13.2. The molecule has 0 bridgehead atoms. The molecule has 3 nitrogen and oxygen atoms in total. The first-order chi connectivity index (χ1) is 11.4. The van der Waals surface area contributed by atoms with E-state index in [2.05, 4.69) is 36.5 Å². The molecule has 0 saturated carbocycles. The van der Waals surface area contributed by atoms with E-state index in [1.165, 1.54) is 5.56 Å². The van der Waals surface area contributed by atoms with Crippen LogP contribution >= 0.6 is 11.6 Å². The largest absolute Gasteiger partial charge is 0.481 e. The molecule has 2 aromatic rings. The Morgan fingerprint density at radius 2 is 1.83 bits per heavy atom. The molecule has 128 valence electrons. The average molecular weight is 346 g/mol. The monoisotopic (exact) mass is 345 g/mol. The quantitative estimate of drug-likeness (QED) is 0.812. The van der Waals surface area contributed by atoms with E-state index >= 15 is 0 Å². The number of carbonyl (C=O) groups excluding carboxylic acids is 1. The van der Waals surface area contributed by atoms with E-state index < -0.39 is 6.10 Å². The van der Waals surface area contributed by atoms with Crippen molar-refractivity contribution in [2.45, 2.75) is 46.3 Å². The van der Waals surface area contributed by atoms with Crippen molar-refractivity contribution < 1.29 is 9.53 Å². The molecule has 4 heteroatoms. The van der Waals surface area contributed by atoms with Crippen LogP contribution in [0, 0.1) is 6.92 Å². The van der Waals surface area contributed by atoms with E-state index in [0.717, 1.165) is 17.5 Å². The third-order valence-corrected chi connectivity index (χ3v) is 4.48. The summed E-state index contributed by atoms with van der Waals surface area (Å²) in [4.78, 5) is 12.3. The molecule has 0 saturated heterocycles. The molecule has 0 heterocycles. The number of amides is 1. The van der Waals surface area contributed by atoms with Crippen LogP contribution < -0.4 is 10.1 Å². The van der Waals surface area contributed by atoms with Crippen LogP contribution in [0.4, 0.5) is 0 Å². The van der Waals surface area contributed by atoms with E-state index in [9.17, 15) is 4.79 Å². The van der Waals surface area contributed by atoms with Gasteiger partial charge in [-0.25, -0.2) is 0 Å². The maximum Gasteiger partial charge on any atom is 0.261 e. The van der Waals surface area contributed by atoms with Gasteiger partial charge in [0.05, 0.1) is 6.04 Å². The zero-order valence-corrected chi connectivity index (χ0v) is 15.4. The maximum atomic E-state index is 12.3. The van der Waals surface area contributed by atoms with Gasteiger partial charge in [0, 0.05) is 5.02 Å². The Kier molecular flexibility index (Phi) is 6.27. The topological polar surface area (TPSA) is 38.3 Å². The number of aryl methyl sites for hydroxylation is 2. The molecule has 1 N–H and O–H groups in total. The van der Waals surface area contributed by atoms with Gasteiger partial charge >= 0.3 is 0 Å². The number of benzene rings is 2. The van der Waals surface area contributed by atoms with E-state index in [1.54, 1.807) is 19.1 Å². The zero-order chi connectivity index (χ0) is 17.7. The minimum absolute atomic E-state index is 0.0681. The van der Waals surface area contributed by atoms with Crippen LogP contribution in [0.2, 0.25) is 5.02 Å². The van der Waals surface area contributed by atoms with Crippen molar-refractivity contribution in [3.8, 4) is 5.75 Å². The van der Waals surface area contributed by atoms with Gasteiger partial charge in [-0.15, -0.1) is 0 Å². The Morgan fingerprint density at radius 1 is 1.17 bits per heavy atom. The molecule has 2 rings (SSSR count). The number of ether oxygens (including phenoxy) is 1. The lowest BCUT2D eigenvalue weighted by molar-refractivity contribution is -0.127. The fourth-order valence-corrected chi connectivity index (χ4v) is 2.52. The second-order valence-corrected chi connectivity index (χ2v) is 6.40. The number of nitrogens with one attached hydrogen (secondary N) is 1. The zero-order valence-electron chi connectivity index (χ0n) is 14.6. The minimum Gasteiger partial charge on any atom is -0.481 e. The van der Waals surface area contributed by atoms with Crippen molar-refractivity contribution in [3.63, 3.8) is 0 Å². The summed E-state index contributed by atoms with van der Waals surface area (Å²) in [6, 6.07) is 13.6. The molecule has 0 spiro atoms. The van der Waals surface area contributed by atoms with Crippen LogP contribution in [0.1, 0.15) is 43.5 Å². The van der Waals surface area contributed by atoms with Gasteiger partial charge in [-0.2, -0.15) is 0 Å². The summed E-state index contributed by atoms with van der Waals surface area (Å²) in [5, 5.41) is 3.67. The van der Waals surface area contributed by atoms with Crippen LogP contribution in [0.5, 0.6) is 5.75 Å². The van der Waals surface area contributed by atoms with Gasteiger partial charge in [0.15, 0.2) is 6.10 Å². The summed E-state index contributed by atoms with van der Waals surface area (Å²) in [5.74, 6) is 0.495. The summed E-state index contributed by atoms with van der Waals surface area (Å²) in [6.45, 7) is 7.74. The molecule has 2 aromatic carbocycles. The Hall–Kier alpha value is -2.00. The fraction of sp³-hybridized carbons (Fsp3) is 0.350. The molecular formula is C20H24ClNO2. The fourth-order valence-electron chi connectivity index (χ4n) is 2.40. The smallest absolute Gasteiger partial charge is 0.261 e. The second-order valence-electron chi connectivity index (χ2n) is 6.00. The number of rotatable bonds is 6. The molecule has 2 atom stereocenters. The molecular weight excluding hydrogens is 322 g/mol. The Morgan fingerprint density at radius 3 is 2.42 bits per heavy atom. The standard InChI is InChI=1S/C20H24ClNO2/c1-5-16-6-8-17(9-7-16)14(3)22-20(23)15(4)24-18-10-11-19(21)13(2)12-18/h6-12,14-15H,5H2,1-4H3,(H,22,23)/t14-,15-/m0/s1. The van der Waals surface area contributed by atoms with Gasteiger partial charge in [0.2, 0.25) is 0 Å². The molecule has 0 aliphatic rings. The highest BCUT2D eigenvalue weighted by molar-refractivity contribution is 6.31. The minimum atomic E-state index is -0.581. The first-order valence-electron chi connectivity index (χ1n) is 8.22.